The summed E-state index contributed by atoms with van der Waals surface area (Å²) in [6.45, 7) is 18.1. The van der Waals surface area contributed by atoms with E-state index in [1.54, 1.807) is 24.3 Å². The number of hydrogen-bond acceptors (Lipinski definition) is 4. The Kier molecular flexibility index (Phi) is 10.2. The van der Waals surface area contributed by atoms with Gasteiger partial charge in [-0.2, -0.15) is 0 Å². The second-order valence-corrected chi connectivity index (χ2v) is 6.27. The van der Waals surface area contributed by atoms with E-state index < -0.39 is 0 Å². The van der Waals surface area contributed by atoms with E-state index in [9.17, 15) is 0 Å². The summed E-state index contributed by atoms with van der Waals surface area (Å²) < 4.78 is 22.8. The summed E-state index contributed by atoms with van der Waals surface area (Å²) in [5, 5.41) is 0. The van der Waals surface area contributed by atoms with Crippen LogP contribution in [0.4, 0.5) is 0 Å². The minimum atomic E-state index is 0.442. The Morgan fingerprint density at radius 1 is 0.500 bits per heavy atom. The Morgan fingerprint density at radius 3 is 1.10 bits per heavy atom. The minimum Gasteiger partial charge on any atom is -0.490 e. The number of para-hydroxylation sites is 2. The Hall–Kier alpha value is -3.08. The van der Waals surface area contributed by atoms with Crippen LogP contribution in [0.25, 0.3) is 24.3 Å². The third-order valence-corrected chi connectivity index (χ3v) is 4.35. The van der Waals surface area contributed by atoms with Crippen molar-refractivity contribution in [3.63, 3.8) is 0 Å². The monoisotopic (exact) mass is 406 g/mol. The van der Waals surface area contributed by atoms with Crippen molar-refractivity contribution in [1.29, 1.82) is 0 Å². The summed E-state index contributed by atoms with van der Waals surface area (Å²) >= 11 is 0. The van der Waals surface area contributed by atoms with E-state index >= 15 is 0 Å². The molecule has 2 aromatic carbocycles. The van der Waals surface area contributed by atoms with Gasteiger partial charge in [-0.3, -0.25) is 0 Å². The molecule has 0 unspecified atom stereocenters. The van der Waals surface area contributed by atoms with E-state index in [1.807, 2.05) is 36.4 Å². The van der Waals surface area contributed by atoms with E-state index in [4.69, 9.17) is 18.9 Å². The van der Waals surface area contributed by atoms with Crippen LogP contribution in [0, 0.1) is 0 Å². The van der Waals surface area contributed by atoms with Gasteiger partial charge in [-0.05, 0) is 0 Å². The van der Waals surface area contributed by atoms with Gasteiger partial charge in [0, 0.05) is 22.3 Å². The van der Waals surface area contributed by atoms with E-state index in [2.05, 4.69) is 26.3 Å². The molecule has 0 spiro atoms. The highest BCUT2D eigenvalue weighted by atomic mass is 16.6. The Balaban J connectivity index is 1.61. The van der Waals surface area contributed by atoms with Crippen LogP contribution in [-0.2, 0) is 9.47 Å². The van der Waals surface area contributed by atoms with Crippen LogP contribution in [0.15, 0.2) is 62.7 Å². The highest BCUT2D eigenvalue weighted by Gasteiger charge is 2.06. The summed E-state index contributed by atoms with van der Waals surface area (Å²) in [6, 6.07) is 11.7. The van der Waals surface area contributed by atoms with Gasteiger partial charge in [0.15, 0.2) is 0 Å². The minimum absolute atomic E-state index is 0.442. The van der Waals surface area contributed by atoms with Gasteiger partial charge < -0.3 is 18.9 Å². The van der Waals surface area contributed by atoms with Gasteiger partial charge in [0.05, 0.1) is 26.4 Å². The first-order valence-corrected chi connectivity index (χ1v) is 9.92. The summed E-state index contributed by atoms with van der Waals surface area (Å²) in [7, 11) is 0. The molecule has 4 heteroatoms. The predicted molar refractivity (Wildman–Crippen MR) is 126 cm³/mol. The van der Waals surface area contributed by atoms with Crippen LogP contribution in [0.3, 0.4) is 0 Å². The van der Waals surface area contributed by atoms with Crippen molar-refractivity contribution < 1.29 is 18.9 Å². The first kappa shape index (κ1) is 23.2. The number of rotatable bonds is 15. The number of hydrogen-bond donors (Lipinski definition) is 0. The van der Waals surface area contributed by atoms with Gasteiger partial charge in [0.2, 0.25) is 0 Å². The maximum absolute atomic E-state index is 5.84. The van der Waals surface area contributed by atoms with Gasteiger partial charge in [0.1, 0.15) is 24.7 Å². The van der Waals surface area contributed by atoms with Gasteiger partial charge >= 0.3 is 0 Å². The van der Waals surface area contributed by atoms with Crippen molar-refractivity contribution >= 4 is 24.3 Å². The SMILES string of the molecule is C=Cc1cccc(C=C)c1OCCOCCOCCOc1c(C=C)cccc1C=C. The first-order valence-electron chi connectivity index (χ1n) is 9.92. The summed E-state index contributed by atoms with van der Waals surface area (Å²) in [4.78, 5) is 0. The Morgan fingerprint density at radius 2 is 0.800 bits per heavy atom. The van der Waals surface area contributed by atoms with Crippen molar-refractivity contribution in [2.75, 3.05) is 39.6 Å². The molecule has 0 fully saturated rings. The Bertz CT molecular complexity index is 730. The molecule has 0 N–H and O–H groups in total. The van der Waals surface area contributed by atoms with Crippen LogP contribution < -0.4 is 9.47 Å². The lowest BCUT2D eigenvalue weighted by Crippen LogP contribution is -2.14. The fourth-order valence-corrected chi connectivity index (χ4v) is 2.85. The van der Waals surface area contributed by atoms with Crippen molar-refractivity contribution in [3.8, 4) is 11.5 Å². The molecule has 0 amide bonds. The summed E-state index contributed by atoms with van der Waals surface area (Å²) in [6.07, 6.45) is 7.07. The van der Waals surface area contributed by atoms with E-state index in [1.165, 1.54) is 0 Å². The molecule has 0 heterocycles. The molecule has 0 saturated heterocycles. The zero-order valence-electron chi connectivity index (χ0n) is 17.5. The second-order valence-electron chi connectivity index (χ2n) is 6.27. The molecule has 30 heavy (non-hydrogen) atoms. The predicted octanol–water partition coefficient (Wildman–Crippen LogP) is 5.75. The maximum Gasteiger partial charge on any atom is 0.133 e. The van der Waals surface area contributed by atoms with Gasteiger partial charge in [-0.1, -0.05) is 87.0 Å². The molecular weight excluding hydrogens is 376 g/mol. The zero-order valence-corrected chi connectivity index (χ0v) is 17.5. The first-order chi connectivity index (χ1) is 14.7. The normalized spacial score (nSPS) is 10.3. The third kappa shape index (κ3) is 6.76. The van der Waals surface area contributed by atoms with Gasteiger partial charge in [-0.25, -0.2) is 0 Å². The number of ether oxygens (including phenoxy) is 4. The Labute approximate surface area is 179 Å². The second kappa shape index (κ2) is 13.2. The van der Waals surface area contributed by atoms with E-state index in [0.29, 0.717) is 39.6 Å². The molecule has 0 aliphatic heterocycles. The number of benzene rings is 2. The average Bonchev–Trinajstić information content (AvgIpc) is 2.79. The molecule has 4 nitrogen and oxygen atoms in total. The largest absolute Gasteiger partial charge is 0.490 e. The van der Waals surface area contributed by atoms with Crippen molar-refractivity contribution in [1.82, 2.24) is 0 Å². The maximum atomic E-state index is 5.84. The smallest absolute Gasteiger partial charge is 0.133 e. The van der Waals surface area contributed by atoms with Crippen LogP contribution in [0.2, 0.25) is 0 Å². The van der Waals surface area contributed by atoms with Crippen molar-refractivity contribution in [2.45, 2.75) is 0 Å². The molecular formula is C26H30O4. The lowest BCUT2D eigenvalue weighted by molar-refractivity contribution is 0.0273. The zero-order chi connectivity index (χ0) is 21.6. The highest BCUT2D eigenvalue weighted by molar-refractivity contribution is 5.67. The topological polar surface area (TPSA) is 36.9 Å². The van der Waals surface area contributed by atoms with E-state index in [-0.39, 0.29) is 0 Å². The van der Waals surface area contributed by atoms with Crippen molar-refractivity contribution in [3.05, 3.63) is 85.0 Å². The fraction of sp³-hybridized carbons (Fsp3) is 0.231. The van der Waals surface area contributed by atoms with Crippen molar-refractivity contribution in [2.24, 2.45) is 0 Å². The molecule has 0 aromatic heterocycles. The standard InChI is InChI=1S/C26H30O4/c1-5-21-11-9-12-22(6-2)25(21)29-19-17-27-15-16-28-18-20-30-26-23(7-3)13-10-14-24(26)8-4/h5-14H,1-4,15-20H2. The lowest BCUT2D eigenvalue weighted by Gasteiger charge is -2.13. The van der Waals surface area contributed by atoms with Gasteiger partial charge in [-0.15, -0.1) is 0 Å². The molecule has 0 bridgehead atoms. The quantitative estimate of drug-likeness (QED) is 0.353. The van der Waals surface area contributed by atoms with Crippen LogP contribution in [-0.4, -0.2) is 39.6 Å². The molecule has 0 aliphatic rings. The molecule has 0 saturated carbocycles. The lowest BCUT2D eigenvalue weighted by atomic mass is 10.1. The molecule has 0 atom stereocenters. The van der Waals surface area contributed by atoms with E-state index in [0.717, 1.165) is 33.8 Å². The average molecular weight is 407 g/mol. The molecule has 0 radical (unpaired) electrons. The molecule has 0 aliphatic carbocycles. The molecule has 2 rings (SSSR count). The summed E-state index contributed by atoms with van der Waals surface area (Å²) in [5.41, 5.74) is 3.75. The third-order valence-electron chi connectivity index (χ3n) is 4.35. The molecule has 2 aromatic rings. The molecule has 158 valence electrons. The highest BCUT2D eigenvalue weighted by Crippen LogP contribution is 2.26. The van der Waals surface area contributed by atoms with Gasteiger partial charge in [0.25, 0.3) is 0 Å². The van der Waals surface area contributed by atoms with Crippen LogP contribution in [0.1, 0.15) is 22.3 Å². The summed E-state index contributed by atoms with van der Waals surface area (Å²) in [5.74, 6) is 1.55. The fourth-order valence-electron chi connectivity index (χ4n) is 2.85. The van der Waals surface area contributed by atoms with Crippen LogP contribution >= 0.6 is 0 Å². The van der Waals surface area contributed by atoms with Crippen LogP contribution in [0.5, 0.6) is 11.5 Å².